The molecule has 2 aromatic rings. The van der Waals surface area contributed by atoms with Gasteiger partial charge in [-0.1, -0.05) is 11.8 Å². The molecule has 0 bridgehead atoms. The quantitative estimate of drug-likeness (QED) is 0.834. The average Bonchev–Trinajstić information content (AvgIpc) is 3.07. The van der Waals surface area contributed by atoms with Crippen LogP contribution in [0.5, 0.6) is 0 Å². The average molecular weight is 275 g/mol. The zero-order valence-corrected chi connectivity index (χ0v) is 11.0. The Morgan fingerprint density at radius 3 is 3.05 bits per heavy atom. The summed E-state index contributed by atoms with van der Waals surface area (Å²) in [5.74, 6) is 6.05. The second kappa shape index (κ2) is 6.78. The fraction of sp³-hybridized carbons (Fsp3) is 0.214. The minimum Gasteiger partial charge on any atom is -0.469 e. The van der Waals surface area contributed by atoms with E-state index in [4.69, 9.17) is 9.52 Å². The van der Waals surface area contributed by atoms with Gasteiger partial charge in [-0.05, 0) is 24.3 Å². The smallest absolute Gasteiger partial charge is 0.261 e. The molecule has 4 nitrogen and oxygen atoms in total. The van der Waals surface area contributed by atoms with Gasteiger partial charge in [-0.15, -0.1) is 11.3 Å². The topological polar surface area (TPSA) is 62.5 Å². The number of hydrogen-bond donors (Lipinski definition) is 2. The van der Waals surface area contributed by atoms with Crippen LogP contribution in [-0.4, -0.2) is 24.2 Å². The Morgan fingerprint density at radius 2 is 2.32 bits per heavy atom. The van der Waals surface area contributed by atoms with Crippen LogP contribution in [0.4, 0.5) is 0 Å². The second-order valence-electron chi connectivity index (χ2n) is 3.71. The van der Waals surface area contributed by atoms with Gasteiger partial charge in [0.05, 0.1) is 16.0 Å². The third-order valence-electron chi connectivity index (χ3n) is 2.36. The number of carbonyl (C=O) groups is 1. The van der Waals surface area contributed by atoms with Crippen LogP contribution in [0.15, 0.2) is 34.9 Å². The van der Waals surface area contributed by atoms with Crippen LogP contribution < -0.4 is 5.32 Å². The minimum atomic E-state index is -0.178. The van der Waals surface area contributed by atoms with E-state index in [1.54, 1.807) is 18.4 Å². The first-order valence-electron chi connectivity index (χ1n) is 5.80. The van der Waals surface area contributed by atoms with Crippen molar-refractivity contribution in [3.8, 4) is 11.8 Å². The van der Waals surface area contributed by atoms with Gasteiger partial charge in [0.25, 0.3) is 5.91 Å². The Bertz CT molecular complexity index is 590. The predicted molar refractivity (Wildman–Crippen MR) is 73.0 cm³/mol. The monoisotopic (exact) mass is 275 g/mol. The van der Waals surface area contributed by atoms with Gasteiger partial charge in [-0.25, -0.2) is 0 Å². The van der Waals surface area contributed by atoms with E-state index in [1.165, 1.54) is 11.3 Å². The fourth-order valence-electron chi connectivity index (χ4n) is 1.49. The highest BCUT2D eigenvalue weighted by Gasteiger charge is 2.08. The molecule has 2 aromatic heterocycles. The zero-order valence-electron chi connectivity index (χ0n) is 10.2. The van der Waals surface area contributed by atoms with E-state index in [-0.39, 0.29) is 12.5 Å². The number of rotatable bonds is 4. The zero-order chi connectivity index (χ0) is 13.5. The Balaban J connectivity index is 1.84. The van der Waals surface area contributed by atoms with Crippen LogP contribution in [0.2, 0.25) is 0 Å². The van der Waals surface area contributed by atoms with Crippen molar-refractivity contribution in [2.75, 3.05) is 13.2 Å². The van der Waals surface area contributed by atoms with E-state index in [9.17, 15) is 4.79 Å². The van der Waals surface area contributed by atoms with Crippen molar-refractivity contribution in [2.45, 2.75) is 6.42 Å². The molecule has 0 atom stereocenters. The SMILES string of the molecule is O=C(NCCc1ccco1)c1ccc(C#CCO)s1. The normalized spacial score (nSPS) is 9.74. The van der Waals surface area contributed by atoms with Crippen molar-refractivity contribution in [1.29, 1.82) is 0 Å². The molecule has 5 heteroatoms. The van der Waals surface area contributed by atoms with Crippen LogP contribution in [0, 0.1) is 11.8 Å². The van der Waals surface area contributed by atoms with Gasteiger partial charge in [-0.3, -0.25) is 4.79 Å². The molecule has 2 rings (SSSR count). The lowest BCUT2D eigenvalue weighted by molar-refractivity contribution is 0.0958. The number of thiophene rings is 1. The van der Waals surface area contributed by atoms with Crippen molar-refractivity contribution in [3.63, 3.8) is 0 Å². The van der Waals surface area contributed by atoms with Crippen LogP contribution in [0.1, 0.15) is 20.3 Å². The summed E-state index contributed by atoms with van der Waals surface area (Å²) in [5, 5.41) is 11.4. The molecule has 0 saturated carbocycles. The lowest BCUT2D eigenvalue weighted by atomic mass is 10.3. The van der Waals surface area contributed by atoms with Gasteiger partial charge in [0.1, 0.15) is 12.4 Å². The highest BCUT2D eigenvalue weighted by atomic mass is 32.1. The number of aliphatic hydroxyl groups excluding tert-OH is 1. The Kier molecular flexibility index (Phi) is 4.78. The number of aliphatic hydroxyl groups is 1. The molecule has 0 fully saturated rings. The summed E-state index contributed by atoms with van der Waals surface area (Å²) in [6.07, 6.45) is 2.28. The van der Waals surface area contributed by atoms with Crippen LogP contribution >= 0.6 is 11.3 Å². The van der Waals surface area contributed by atoms with E-state index in [0.717, 1.165) is 10.6 Å². The third-order valence-corrected chi connectivity index (χ3v) is 3.36. The fourth-order valence-corrected chi connectivity index (χ4v) is 2.29. The maximum atomic E-state index is 11.8. The third kappa shape index (κ3) is 3.98. The molecule has 19 heavy (non-hydrogen) atoms. The van der Waals surface area contributed by atoms with Crippen LogP contribution in [0.3, 0.4) is 0 Å². The summed E-state index contributed by atoms with van der Waals surface area (Å²) in [5.41, 5.74) is 0. The Labute approximate surface area is 115 Å². The van der Waals surface area contributed by atoms with Crippen molar-refractivity contribution in [2.24, 2.45) is 0 Å². The Morgan fingerprint density at radius 1 is 1.42 bits per heavy atom. The first kappa shape index (κ1) is 13.4. The molecule has 0 aliphatic rings. The maximum absolute atomic E-state index is 11.8. The molecule has 0 saturated heterocycles. The summed E-state index contributed by atoms with van der Waals surface area (Å²) in [7, 11) is 0. The molecule has 98 valence electrons. The van der Waals surface area contributed by atoms with E-state index >= 15 is 0 Å². The summed E-state index contributed by atoms with van der Waals surface area (Å²) in [6.45, 7) is 0.352. The maximum Gasteiger partial charge on any atom is 0.261 e. The molecule has 0 aliphatic carbocycles. The van der Waals surface area contributed by atoms with E-state index < -0.39 is 0 Å². The Hall–Kier alpha value is -2.03. The number of carbonyl (C=O) groups excluding carboxylic acids is 1. The highest BCUT2D eigenvalue weighted by molar-refractivity contribution is 7.14. The largest absolute Gasteiger partial charge is 0.469 e. The van der Waals surface area contributed by atoms with Crippen molar-refractivity contribution in [3.05, 3.63) is 46.0 Å². The van der Waals surface area contributed by atoms with Crippen LogP contribution in [0.25, 0.3) is 0 Å². The predicted octanol–water partition coefficient (Wildman–Crippen LogP) is 1.66. The van der Waals surface area contributed by atoms with Crippen molar-refractivity contribution >= 4 is 17.2 Å². The van der Waals surface area contributed by atoms with E-state index in [1.807, 2.05) is 12.1 Å². The van der Waals surface area contributed by atoms with Gasteiger partial charge in [0, 0.05) is 13.0 Å². The summed E-state index contributed by atoms with van der Waals surface area (Å²) >= 11 is 1.31. The van der Waals surface area contributed by atoms with E-state index in [2.05, 4.69) is 17.2 Å². The van der Waals surface area contributed by atoms with Gasteiger partial charge >= 0.3 is 0 Å². The highest BCUT2D eigenvalue weighted by Crippen LogP contribution is 2.15. The second-order valence-corrected chi connectivity index (χ2v) is 4.79. The standard InChI is InChI=1S/C14H13NO3S/c16-9-1-4-12-5-6-13(19-12)14(17)15-8-7-11-3-2-10-18-11/h2-3,5-6,10,16H,7-9H2,(H,15,17). The van der Waals surface area contributed by atoms with Gasteiger partial charge in [-0.2, -0.15) is 0 Å². The minimum absolute atomic E-state index is 0.117. The lowest BCUT2D eigenvalue weighted by Crippen LogP contribution is -2.24. The molecule has 0 unspecified atom stereocenters. The lowest BCUT2D eigenvalue weighted by Gasteiger charge is -2.01. The first-order chi connectivity index (χ1) is 9.29. The summed E-state index contributed by atoms with van der Waals surface area (Å²) in [6, 6.07) is 7.20. The molecule has 0 spiro atoms. The van der Waals surface area contributed by atoms with Gasteiger partial charge < -0.3 is 14.8 Å². The molecule has 0 aliphatic heterocycles. The molecular weight excluding hydrogens is 262 g/mol. The summed E-state index contributed by atoms with van der Waals surface area (Å²) in [4.78, 5) is 13.2. The molecule has 2 N–H and O–H groups in total. The number of hydrogen-bond acceptors (Lipinski definition) is 4. The molecule has 2 heterocycles. The molecular formula is C14H13NO3S. The van der Waals surface area contributed by atoms with Crippen molar-refractivity contribution < 1.29 is 14.3 Å². The first-order valence-corrected chi connectivity index (χ1v) is 6.61. The number of amides is 1. The van der Waals surface area contributed by atoms with Gasteiger partial charge in [0.15, 0.2) is 0 Å². The van der Waals surface area contributed by atoms with Crippen LogP contribution in [-0.2, 0) is 6.42 Å². The molecule has 0 radical (unpaired) electrons. The summed E-state index contributed by atoms with van der Waals surface area (Å²) < 4.78 is 5.18. The number of nitrogens with one attached hydrogen (secondary N) is 1. The van der Waals surface area contributed by atoms with Crippen molar-refractivity contribution in [1.82, 2.24) is 5.32 Å². The number of furan rings is 1. The van der Waals surface area contributed by atoms with Gasteiger partial charge in [0.2, 0.25) is 0 Å². The molecule has 1 amide bonds. The molecule has 0 aromatic carbocycles. The van der Waals surface area contributed by atoms with E-state index in [0.29, 0.717) is 17.8 Å².